The molecule has 0 radical (unpaired) electrons. The maximum atomic E-state index is 13.1. The van der Waals surface area contributed by atoms with Gasteiger partial charge in [-0.3, -0.25) is 10.3 Å². The fourth-order valence-electron chi connectivity index (χ4n) is 3.75. The normalized spacial score (nSPS) is 25.9. The second-order valence-corrected chi connectivity index (χ2v) is 7.23. The van der Waals surface area contributed by atoms with E-state index in [1.807, 2.05) is 12.1 Å². The van der Waals surface area contributed by atoms with Crippen molar-refractivity contribution in [1.29, 1.82) is 0 Å². The third-order valence-electron chi connectivity index (χ3n) is 5.07. The van der Waals surface area contributed by atoms with Crippen LogP contribution in [0.15, 0.2) is 36.4 Å². The van der Waals surface area contributed by atoms with Crippen molar-refractivity contribution in [2.45, 2.75) is 31.8 Å². The van der Waals surface area contributed by atoms with Crippen LogP contribution >= 0.6 is 0 Å². The molecule has 2 aliphatic rings. The first kappa shape index (κ1) is 17.5. The molecule has 0 aliphatic carbocycles. The van der Waals surface area contributed by atoms with Crippen LogP contribution in [0.2, 0.25) is 0 Å². The van der Waals surface area contributed by atoms with Crippen molar-refractivity contribution < 1.29 is 4.39 Å². The molecule has 3 N–H and O–H groups in total. The van der Waals surface area contributed by atoms with Crippen LogP contribution in [-0.4, -0.2) is 43.7 Å². The van der Waals surface area contributed by atoms with E-state index in [2.05, 4.69) is 34.6 Å². The van der Waals surface area contributed by atoms with E-state index in [1.165, 1.54) is 30.5 Å². The summed E-state index contributed by atoms with van der Waals surface area (Å²) < 4.78 is 13.1. The molecule has 4 nitrogen and oxygen atoms in total. The predicted molar refractivity (Wildman–Crippen MR) is 96.0 cm³/mol. The van der Waals surface area contributed by atoms with Crippen LogP contribution in [0.1, 0.15) is 31.4 Å². The predicted octanol–water partition coefficient (Wildman–Crippen LogP) is 2.22. The van der Waals surface area contributed by atoms with Crippen molar-refractivity contribution in [2.75, 3.05) is 32.7 Å². The van der Waals surface area contributed by atoms with Gasteiger partial charge in [-0.1, -0.05) is 24.3 Å². The second kappa shape index (κ2) is 8.21. The van der Waals surface area contributed by atoms with Crippen LogP contribution in [0, 0.1) is 11.7 Å². The van der Waals surface area contributed by atoms with Crippen molar-refractivity contribution in [3.63, 3.8) is 0 Å². The van der Waals surface area contributed by atoms with E-state index in [1.54, 1.807) is 0 Å². The summed E-state index contributed by atoms with van der Waals surface area (Å²) in [6, 6.07) is 7.67. The summed E-state index contributed by atoms with van der Waals surface area (Å²) in [4.78, 5) is 2.49. The molecule has 24 heavy (non-hydrogen) atoms. The van der Waals surface area contributed by atoms with E-state index in [-0.39, 0.29) is 11.9 Å². The van der Waals surface area contributed by atoms with Crippen LogP contribution < -0.4 is 16.2 Å². The number of halogens is 1. The summed E-state index contributed by atoms with van der Waals surface area (Å²) in [7, 11) is 0. The second-order valence-electron chi connectivity index (χ2n) is 7.23. The Balaban J connectivity index is 1.46. The Morgan fingerprint density at radius 3 is 2.67 bits per heavy atom. The molecule has 0 bridgehead atoms. The van der Waals surface area contributed by atoms with Gasteiger partial charge in [0.05, 0.1) is 6.04 Å². The van der Waals surface area contributed by atoms with Gasteiger partial charge >= 0.3 is 0 Å². The zero-order valence-electron chi connectivity index (χ0n) is 14.5. The van der Waals surface area contributed by atoms with E-state index < -0.39 is 0 Å². The van der Waals surface area contributed by atoms with E-state index >= 15 is 0 Å². The average molecular weight is 332 g/mol. The minimum atomic E-state index is -0.180. The molecule has 0 saturated carbocycles. The molecular formula is C19H29FN4. The number of hydrazine groups is 1. The number of nitrogens with one attached hydrogen (secondary N) is 3. The van der Waals surface area contributed by atoms with E-state index in [0.717, 1.165) is 38.3 Å². The fraction of sp³-hybridized carbons (Fsp3) is 0.579. The first-order valence-electron chi connectivity index (χ1n) is 8.96. The molecule has 2 saturated heterocycles. The smallest absolute Gasteiger partial charge is 0.123 e. The number of hydrogen-bond donors (Lipinski definition) is 3. The molecule has 1 aromatic carbocycles. The molecule has 132 valence electrons. The minimum Gasteiger partial charge on any atom is -0.313 e. The lowest BCUT2D eigenvalue weighted by Crippen LogP contribution is -2.44. The Bertz CT molecular complexity index is 537. The Morgan fingerprint density at radius 1 is 1.29 bits per heavy atom. The summed E-state index contributed by atoms with van der Waals surface area (Å²) >= 11 is 0. The quantitative estimate of drug-likeness (QED) is 0.699. The van der Waals surface area contributed by atoms with Gasteiger partial charge in [-0.2, -0.15) is 0 Å². The summed E-state index contributed by atoms with van der Waals surface area (Å²) in [5.74, 6) is 0.296. The van der Waals surface area contributed by atoms with Crippen molar-refractivity contribution in [3.8, 4) is 0 Å². The van der Waals surface area contributed by atoms with Crippen LogP contribution in [0.25, 0.3) is 0 Å². The standard InChI is InChI=1S/C19H29FN4/c1-14(2)13-24-9-7-18(8-10-24)21-11-16-12-22-23-19(16)15-3-5-17(20)6-4-15/h3-6,16,18-19,21-23H,1,7-13H2,2H3. The largest absolute Gasteiger partial charge is 0.313 e. The molecule has 0 amide bonds. The molecule has 3 rings (SSSR count). The SMILES string of the molecule is C=C(C)CN1CCC(NCC2CNNC2c2ccc(F)cc2)CC1. The molecule has 2 fully saturated rings. The lowest BCUT2D eigenvalue weighted by molar-refractivity contribution is 0.207. The van der Waals surface area contributed by atoms with Crippen LogP contribution in [0.3, 0.4) is 0 Å². The Kier molecular flexibility index (Phi) is 6.00. The highest BCUT2D eigenvalue weighted by Gasteiger charge is 2.29. The van der Waals surface area contributed by atoms with Crippen molar-refractivity contribution in [1.82, 2.24) is 21.1 Å². The summed E-state index contributed by atoms with van der Waals surface area (Å²) in [6.07, 6.45) is 2.39. The van der Waals surface area contributed by atoms with Gasteiger partial charge < -0.3 is 5.32 Å². The third-order valence-corrected chi connectivity index (χ3v) is 5.07. The maximum absolute atomic E-state index is 13.1. The Hall–Kier alpha value is -1.27. The molecule has 0 spiro atoms. The van der Waals surface area contributed by atoms with Gasteiger partial charge in [-0.15, -0.1) is 0 Å². The van der Waals surface area contributed by atoms with E-state index in [0.29, 0.717) is 12.0 Å². The number of piperidine rings is 1. The van der Waals surface area contributed by atoms with Crippen molar-refractivity contribution >= 4 is 0 Å². The zero-order chi connectivity index (χ0) is 16.9. The highest BCUT2D eigenvalue weighted by atomic mass is 19.1. The van der Waals surface area contributed by atoms with Crippen molar-refractivity contribution in [3.05, 3.63) is 47.8 Å². The van der Waals surface area contributed by atoms with Gasteiger partial charge in [-0.05, 0) is 50.6 Å². The number of likely N-dealkylation sites (tertiary alicyclic amines) is 1. The molecule has 1 aromatic rings. The van der Waals surface area contributed by atoms with Gasteiger partial charge in [0, 0.05) is 31.6 Å². The van der Waals surface area contributed by atoms with E-state index in [9.17, 15) is 4.39 Å². The Morgan fingerprint density at radius 2 is 2.00 bits per heavy atom. The Labute approximate surface area is 144 Å². The number of nitrogens with zero attached hydrogens (tertiary/aromatic N) is 1. The lowest BCUT2D eigenvalue weighted by Gasteiger charge is -2.33. The number of benzene rings is 1. The monoisotopic (exact) mass is 332 g/mol. The summed E-state index contributed by atoms with van der Waals surface area (Å²) in [6.45, 7) is 11.3. The molecule has 2 atom stereocenters. The van der Waals surface area contributed by atoms with Gasteiger partial charge in [-0.25, -0.2) is 9.82 Å². The highest BCUT2D eigenvalue weighted by Crippen LogP contribution is 2.25. The molecule has 2 unspecified atom stereocenters. The first-order chi connectivity index (χ1) is 11.6. The van der Waals surface area contributed by atoms with Gasteiger partial charge in [0.1, 0.15) is 5.82 Å². The van der Waals surface area contributed by atoms with Crippen LogP contribution in [0.5, 0.6) is 0 Å². The topological polar surface area (TPSA) is 39.3 Å². The molecule has 5 heteroatoms. The third kappa shape index (κ3) is 4.63. The number of hydrogen-bond acceptors (Lipinski definition) is 4. The lowest BCUT2D eigenvalue weighted by atomic mass is 9.94. The molecule has 2 heterocycles. The van der Waals surface area contributed by atoms with E-state index in [4.69, 9.17) is 0 Å². The van der Waals surface area contributed by atoms with Gasteiger partial charge in [0.25, 0.3) is 0 Å². The van der Waals surface area contributed by atoms with Crippen molar-refractivity contribution in [2.24, 2.45) is 5.92 Å². The fourth-order valence-corrected chi connectivity index (χ4v) is 3.75. The maximum Gasteiger partial charge on any atom is 0.123 e. The molecule has 2 aliphatic heterocycles. The molecule has 0 aromatic heterocycles. The first-order valence-corrected chi connectivity index (χ1v) is 8.96. The minimum absolute atomic E-state index is 0.180. The average Bonchev–Trinajstić information content (AvgIpc) is 3.03. The summed E-state index contributed by atoms with van der Waals surface area (Å²) in [5, 5.41) is 3.75. The zero-order valence-corrected chi connectivity index (χ0v) is 14.5. The number of rotatable bonds is 6. The van der Waals surface area contributed by atoms with Gasteiger partial charge in [0.15, 0.2) is 0 Å². The molecular weight excluding hydrogens is 303 g/mol. The van der Waals surface area contributed by atoms with Gasteiger partial charge in [0.2, 0.25) is 0 Å². The van der Waals surface area contributed by atoms with Crippen LogP contribution in [0.4, 0.5) is 4.39 Å². The summed E-state index contributed by atoms with van der Waals surface area (Å²) in [5.41, 5.74) is 8.96. The highest BCUT2D eigenvalue weighted by molar-refractivity contribution is 5.21. The van der Waals surface area contributed by atoms with Crippen LogP contribution in [-0.2, 0) is 0 Å².